The van der Waals surface area contributed by atoms with E-state index in [1.54, 1.807) is 0 Å². The highest BCUT2D eigenvalue weighted by atomic mass is 32.2. The molecule has 0 spiro atoms. The summed E-state index contributed by atoms with van der Waals surface area (Å²) in [7, 11) is 0. The van der Waals surface area contributed by atoms with Gasteiger partial charge in [0.15, 0.2) is 34.7 Å². The molecule has 36 heavy (non-hydrogen) atoms. The highest BCUT2D eigenvalue weighted by Crippen LogP contribution is 2.46. The Hall–Kier alpha value is -3.51. The van der Waals surface area contributed by atoms with Crippen LogP contribution < -0.4 is 10.4 Å². The van der Waals surface area contributed by atoms with Crippen molar-refractivity contribution >= 4 is 17.7 Å². The molecule has 4 heterocycles. The van der Waals surface area contributed by atoms with Gasteiger partial charge in [0.25, 0.3) is 5.91 Å². The maximum atomic E-state index is 15.6. The Labute approximate surface area is 205 Å². The number of nitrogens with zero attached hydrogens (tertiary/aromatic N) is 3. The van der Waals surface area contributed by atoms with Gasteiger partial charge in [-0.1, -0.05) is 6.07 Å². The summed E-state index contributed by atoms with van der Waals surface area (Å²) in [5.74, 6) is -6.06. The maximum Gasteiger partial charge on any atom is 0.278 e. The molecule has 0 saturated carbocycles. The second-order valence-corrected chi connectivity index (χ2v) is 9.57. The molecule has 12 heteroatoms. The lowest BCUT2D eigenvalue weighted by Gasteiger charge is -2.51. The summed E-state index contributed by atoms with van der Waals surface area (Å²) in [5.41, 5.74) is -1.22. The molecule has 3 aliphatic heterocycles. The minimum Gasteiger partial charge on any atom is -0.502 e. The van der Waals surface area contributed by atoms with Gasteiger partial charge in [0, 0.05) is 40.6 Å². The fourth-order valence-corrected chi connectivity index (χ4v) is 6.17. The third-order valence-electron chi connectivity index (χ3n) is 6.70. The topological polar surface area (TPSA) is 75.0 Å². The number of hydrogen-bond donors (Lipinski definition) is 1. The predicted molar refractivity (Wildman–Crippen MR) is 120 cm³/mol. The first kappa shape index (κ1) is 22.9. The summed E-state index contributed by atoms with van der Waals surface area (Å²) in [6.07, 6.45) is 0.334. The van der Waals surface area contributed by atoms with Crippen LogP contribution in [0.5, 0.6) is 5.75 Å². The largest absolute Gasteiger partial charge is 0.502 e. The lowest BCUT2D eigenvalue weighted by Crippen LogP contribution is -2.66. The summed E-state index contributed by atoms with van der Waals surface area (Å²) in [4.78, 5) is 27.2. The summed E-state index contributed by atoms with van der Waals surface area (Å²) in [6, 6.07) is 4.27. The van der Waals surface area contributed by atoms with Crippen molar-refractivity contribution in [3.8, 4) is 5.75 Å². The van der Waals surface area contributed by atoms with Crippen LogP contribution in [0, 0.1) is 23.3 Å². The molecule has 2 aromatic carbocycles. The molecule has 2 atom stereocenters. The van der Waals surface area contributed by atoms with Crippen molar-refractivity contribution < 1.29 is 32.2 Å². The van der Waals surface area contributed by atoms with Crippen molar-refractivity contribution in [1.82, 2.24) is 9.58 Å². The number of carbonyl (C=O) groups excluding carboxylic acids is 1. The van der Waals surface area contributed by atoms with Gasteiger partial charge in [-0.15, -0.1) is 11.8 Å². The molecule has 1 aromatic heterocycles. The Morgan fingerprint density at radius 1 is 1.00 bits per heavy atom. The number of aromatic nitrogens is 1. The SMILES string of the molecule is O=C1c2c(O)c(=O)ccn2N([C@H]2c3ccc(F)c(F)c3CSc3ccc(F)c(F)c32)[C@@H]2COCCN12. The second-order valence-electron chi connectivity index (χ2n) is 8.55. The minimum atomic E-state index is -1.28. The Morgan fingerprint density at radius 2 is 1.75 bits per heavy atom. The molecule has 6 rings (SSSR count). The van der Waals surface area contributed by atoms with Gasteiger partial charge in [-0.3, -0.25) is 19.3 Å². The van der Waals surface area contributed by atoms with E-state index >= 15 is 8.78 Å². The average Bonchev–Trinajstić information content (AvgIpc) is 3.04. The molecular weight excluding hydrogens is 502 g/mol. The molecule has 0 unspecified atom stereocenters. The number of pyridine rings is 1. The summed E-state index contributed by atoms with van der Waals surface area (Å²) in [6.45, 7) is 0.213. The van der Waals surface area contributed by atoms with E-state index in [1.807, 2.05) is 0 Å². The van der Waals surface area contributed by atoms with Crippen LogP contribution in [-0.2, 0) is 10.5 Å². The predicted octanol–water partition coefficient (Wildman–Crippen LogP) is 3.26. The number of morpholine rings is 1. The van der Waals surface area contributed by atoms with Crippen molar-refractivity contribution in [2.24, 2.45) is 0 Å². The Morgan fingerprint density at radius 3 is 2.56 bits per heavy atom. The molecule has 1 amide bonds. The summed E-state index contributed by atoms with van der Waals surface area (Å²) < 4.78 is 66.3. The lowest BCUT2D eigenvalue weighted by molar-refractivity contribution is -0.0199. The van der Waals surface area contributed by atoms with E-state index < -0.39 is 52.6 Å². The zero-order chi connectivity index (χ0) is 25.3. The first-order valence-corrected chi connectivity index (χ1v) is 12.0. The first-order chi connectivity index (χ1) is 17.3. The van der Waals surface area contributed by atoms with E-state index in [0.29, 0.717) is 4.90 Å². The number of hydrogen-bond acceptors (Lipinski definition) is 6. The molecule has 186 valence electrons. The number of ether oxygens (including phenoxy) is 1. The lowest BCUT2D eigenvalue weighted by atomic mass is 9.92. The van der Waals surface area contributed by atoms with Crippen molar-refractivity contribution in [3.63, 3.8) is 0 Å². The van der Waals surface area contributed by atoms with Crippen LogP contribution >= 0.6 is 11.8 Å². The number of amides is 1. The third kappa shape index (κ3) is 3.17. The maximum absolute atomic E-state index is 15.6. The molecule has 0 bridgehead atoms. The minimum absolute atomic E-state index is 0.0481. The second kappa shape index (κ2) is 8.27. The van der Waals surface area contributed by atoms with Gasteiger partial charge in [-0.05, 0) is 23.8 Å². The number of halogens is 4. The number of benzene rings is 2. The standard InChI is InChI=1S/C24H17F4N3O4S/c25-13-2-1-11-12(19(13)27)10-36-16-4-3-14(26)20(28)18(16)21(11)31-17-9-35-8-7-29(17)24(34)22-23(33)15(32)5-6-30(22)31/h1-6,17,21,33H,7-10H2/t17-,21+/m1/s1. The quantitative estimate of drug-likeness (QED) is 0.498. The highest BCUT2D eigenvalue weighted by molar-refractivity contribution is 7.98. The average molecular weight is 519 g/mol. The molecule has 1 fully saturated rings. The monoisotopic (exact) mass is 519 g/mol. The van der Waals surface area contributed by atoms with Crippen molar-refractivity contribution in [2.75, 3.05) is 24.8 Å². The fourth-order valence-electron chi connectivity index (χ4n) is 5.05. The Balaban J connectivity index is 1.71. The van der Waals surface area contributed by atoms with Crippen molar-refractivity contribution in [3.05, 3.63) is 92.4 Å². The van der Waals surface area contributed by atoms with Crippen molar-refractivity contribution in [2.45, 2.75) is 22.9 Å². The molecule has 3 aliphatic rings. The highest BCUT2D eigenvalue weighted by Gasteiger charge is 2.47. The van der Waals surface area contributed by atoms with E-state index in [4.69, 9.17) is 4.74 Å². The van der Waals surface area contributed by atoms with Crippen LogP contribution in [0.15, 0.2) is 46.2 Å². The first-order valence-electron chi connectivity index (χ1n) is 11.0. The third-order valence-corrected chi connectivity index (χ3v) is 7.80. The van der Waals surface area contributed by atoms with Gasteiger partial charge >= 0.3 is 0 Å². The molecule has 3 aromatic rings. The number of fused-ring (bicyclic) bond motifs is 4. The van der Waals surface area contributed by atoms with E-state index in [-0.39, 0.29) is 47.9 Å². The van der Waals surface area contributed by atoms with Crippen molar-refractivity contribution in [1.29, 1.82) is 0 Å². The van der Waals surface area contributed by atoms with E-state index in [9.17, 15) is 23.5 Å². The van der Waals surface area contributed by atoms with Gasteiger partial charge in [0.05, 0.1) is 13.2 Å². The molecule has 7 nitrogen and oxygen atoms in total. The van der Waals surface area contributed by atoms with E-state index in [0.717, 1.165) is 30.0 Å². The number of thioether (sulfide) groups is 1. The number of carbonyl (C=O) groups is 1. The molecular formula is C24H17F4N3O4S. The number of rotatable bonds is 1. The Bertz CT molecular complexity index is 1500. The van der Waals surface area contributed by atoms with E-state index in [2.05, 4.69) is 0 Å². The molecule has 0 radical (unpaired) electrons. The molecule has 0 aliphatic carbocycles. The van der Waals surface area contributed by atoms with Crippen LogP contribution in [0.1, 0.15) is 33.2 Å². The van der Waals surface area contributed by atoms with Crippen LogP contribution in [-0.4, -0.2) is 46.5 Å². The van der Waals surface area contributed by atoms with Gasteiger partial charge in [-0.2, -0.15) is 0 Å². The Kier molecular flexibility index (Phi) is 5.27. The van der Waals surface area contributed by atoms with E-state index in [1.165, 1.54) is 32.9 Å². The smallest absolute Gasteiger partial charge is 0.278 e. The van der Waals surface area contributed by atoms with Crippen LogP contribution in [0.25, 0.3) is 0 Å². The van der Waals surface area contributed by atoms with Crippen LogP contribution in [0.2, 0.25) is 0 Å². The van der Waals surface area contributed by atoms with Crippen LogP contribution in [0.4, 0.5) is 17.6 Å². The van der Waals surface area contributed by atoms with Gasteiger partial charge in [-0.25, -0.2) is 17.6 Å². The van der Waals surface area contributed by atoms with Crippen LogP contribution in [0.3, 0.4) is 0 Å². The molecule has 1 saturated heterocycles. The zero-order valence-corrected chi connectivity index (χ0v) is 19.2. The fraction of sp³-hybridized carbons (Fsp3) is 0.250. The normalized spacial score (nSPS) is 20.8. The number of aromatic hydroxyl groups is 1. The zero-order valence-electron chi connectivity index (χ0n) is 18.4. The summed E-state index contributed by atoms with van der Waals surface area (Å²) >= 11 is 1.02. The molecule has 1 N–H and O–H groups in total. The van der Waals surface area contributed by atoms with Gasteiger partial charge in [0.1, 0.15) is 12.2 Å². The summed E-state index contributed by atoms with van der Waals surface area (Å²) in [5, 5.41) is 12.0. The van der Waals surface area contributed by atoms with Gasteiger partial charge < -0.3 is 14.7 Å². The van der Waals surface area contributed by atoms with Gasteiger partial charge in [0.2, 0.25) is 5.43 Å².